The average molecular weight is 470 g/mol. The van der Waals surface area contributed by atoms with Gasteiger partial charge in [-0.25, -0.2) is 13.2 Å². The van der Waals surface area contributed by atoms with Crippen LogP contribution in [-0.4, -0.2) is 55.7 Å². The van der Waals surface area contributed by atoms with Gasteiger partial charge in [0.1, 0.15) is 0 Å². The molecule has 0 unspecified atom stereocenters. The molecule has 2 aromatic carbocycles. The van der Waals surface area contributed by atoms with Crippen LogP contribution in [0.4, 0.5) is 29.3 Å². The van der Waals surface area contributed by atoms with Crippen LogP contribution in [0.1, 0.15) is 12.5 Å². The maximum atomic E-state index is 12.8. The van der Waals surface area contributed by atoms with Gasteiger partial charge in [-0.15, -0.1) is 0 Å². The Kier molecular flexibility index (Phi) is 6.74. The van der Waals surface area contributed by atoms with Crippen LogP contribution < -0.4 is 10.6 Å². The molecule has 12 heteroatoms. The smallest absolute Gasteiger partial charge is 0.340 e. The fourth-order valence-corrected chi connectivity index (χ4v) is 4.56. The molecule has 0 atom stereocenters. The molecule has 0 aliphatic carbocycles. The molecule has 32 heavy (non-hydrogen) atoms. The van der Waals surface area contributed by atoms with E-state index in [1.165, 1.54) is 35.5 Å². The zero-order valence-electron chi connectivity index (χ0n) is 17.0. The number of carbonyl (C=O) groups excluding carboxylic acids is 2. The number of sulfonamides is 1. The van der Waals surface area contributed by atoms with Gasteiger partial charge in [-0.2, -0.15) is 17.5 Å². The van der Waals surface area contributed by atoms with Gasteiger partial charge in [0.15, 0.2) is 0 Å². The lowest BCUT2D eigenvalue weighted by molar-refractivity contribution is -0.137. The van der Waals surface area contributed by atoms with Crippen LogP contribution in [0, 0.1) is 0 Å². The number of anilines is 2. The topological polar surface area (TPSA) is 98.8 Å². The van der Waals surface area contributed by atoms with E-state index < -0.39 is 27.8 Å². The summed E-state index contributed by atoms with van der Waals surface area (Å²) in [5, 5.41) is 4.89. The molecule has 2 N–H and O–H groups in total. The molecule has 0 spiro atoms. The van der Waals surface area contributed by atoms with E-state index >= 15 is 0 Å². The molecule has 1 aliphatic heterocycles. The molecular weight excluding hydrogens is 449 g/mol. The van der Waals surface area contributed by atoms with Crippen molar-refractivity contribution in [2.45, 2.75) is 18.0 Å². The normalized spacial score (nSPS) is 15.3. The highest BCUT2D eigenvalue weighted by molar-refractivity contribution is 7.89. The molecule has 3 rings (SSSR count). The summed E-state index contributed by atoms with van der Waals surface area (Å²) in [6.45, 7) is 2.45. The van der Waals surface area contributed by atoms with Gasteiger partial charge < -0.3 is 15.5 Å². The van der Waals surface area contributed by atoms with Crippen molar-refractivity contribution in [2.75, 3.05) is 36.8 Å². The lowest BCUT2D eigenvalue weighted by atomic mass is 10.2. The van der Waals surface area contributed by atoms with Crippen LogP contribution in [0.15, 0.2) is 53.4 Å². The molecule has 1 saturated heterocycles. The van der Waals surface area contributed by atoms with Crippen LogP contribution in [-0.2, 0) is 21.0 Å². The number of benzene rings is 2. The summed E-state index contributed by atoms with van der Waals surface area (Å²) in [7, 11) is -3.75. The number of halogens is 3. The molecule has 0 radical (unpaired) electrons. The monoisotopic (exact) mass is 470 g/mol. The van der Waals surface area contributed by atoms with Crippen molar-refractivity contribution in [2.24, 2.45) is 0 Å². The summed E-state index contributed by atoms with van der Waals surface area (Å²) in [5.41, 5.74) is -0.364. The highest BCUT2D eigenvalue weighted by Gasteiger charge is 2.30. The standard InChI is InChI=1S/C20H21F3N4O4S/c1-14(28)26-10-12-27(13-11-26)32(30,31)18-8-6-17(7-9-18)25-19(29)24-16-4-2-15(3-5-16)20(21,22)23/h2-9H,10-13H2,1H3,(H2,24,25,29). The molecule has 1 heterocycles. The second-order valence-corrected chi connectivity index (χ2v) is 9.03. The Balaban J connectivity index is 1.59. The minimum Gasteiger partial charge on any atom is -0.340 e. The molecule has 2 aromatic rings. The van der Waals surface area contributed by atoms with Gasteiger partial charge in [-0.05, 0) is 48.5 Å². The minimum absolute atomic E-state index is 0.0440. The Labute approximate surface area is 183 Å². The predicted molar refractivity (Wildman–Crippen MR) is 112 cm³/mol. The molecule has 1 aliphatic rings. The molecule has 0 aromatic heterocycles. The molecule has 172 valence electrons. The largest absolute Gasteiger partial charge is 0.416 e. The second kappa shape index (κ2) is 9.17. The van der Waals surface area contributed by atoms with E-state index in [1.54, 1.807) is 4.90 Å². The zero-order valence-corrected chi connectivity index (χ0v) is 17.8. The summed E-state index contributed by atoms with van der Waals surface area (Å²) in [5.74, 6) is -0.105. The first-order chi connectivity index (χ1) is 15.0. The first kappa shape index (κ1) is 23.5. The average Bonchev–Trinajstić information content (AvgIpc) is 2.74. The molecular formula is C20H21F3N4O4S. The van der Waals surface area contributed by atoms with Crippen molar-refractivity contribution in [1.82, 2.24) is 9.21 Å². The minimum atomic E-state index is -4.47. The Morgan fingerprint density at radius 2 is 1.31 bits per heavy atom. The van der Waals surface area contributed by atoms with E-state index in [4.69, 9.17) is 0 Å². The highest BCUT2D eigenvalue weighted by atomic mass is 32.2. The molecule has 1 fully saturated rings. The SMILES string of the molecule is CC(=O)N1CCN(S(=O)(=O)c2ccc(NC(=O)Nc3ccc(C(F)(F)F)cc3)cc2)CC1. The van der Waals surface area contributed by atoms with Gasteiger partial charge in [-0.1, -0.05) is 0 Å². The number of rotatable bonds is 4. The summed E-state index contributed by atoms with van der Waals surface area (Å²) in [4.78, 5) is 25.1. The third-order valence-electron chi connectivity index (χ3n) is 4.90. The Morgan fingerprint density at radius 1 is 0.844 bits per heavy atom. The third-order valence-corrected chi connectivity index (χ3v) is 6.82. The van der Waals surface area contributed by atoms with Crippen molar-refractivity contribution < 1.29 is 31.2 Å². The Morgan fingerprint density at radius 3 is 1.75 bits per heavy atom. The van der Waals surface area contributed by atoms with Gasteiger partial charge in [0.05, 0.1) is 10.5 Å². The zero-order chi connectivity index (χ0) is 23.5. The lowest BCUT2D eigenvalue weighted by Crippen LogP contribution is -2.49. The number of urea groups is 1. The van der Waals surface area contributed by atoms with Crippen molar-refractivity contribution in [1.29, 1.82) is 0 Å². The number of nitrogens with one attached hydrogen (secondary N) is 2. The predicted octanol–water partition coefficient (Wildman–Crippen LogP) is 3.20. The van der Waals surface area contributed by atoms with Gasteiger partial charge in [0.25, 0.3) is 0 Å². The number of nitrogens with zero attached hydrogens (tertiary/aromatic N) is 2. The fraction of sp³-hybridized carbons (Fsp3) is 0.300. The van der Waals surface area contributed by atoms with Crippen LogP contribution in [0.2, 0.25) is 0 Å². The van der Waals surface area contributed by atoms with Crippen molar-refractivity contribution in [3.8, 4) is 0 Å². The second-order valence-electron chi connectivity index (χ2n) is 7.09. The Hall–Kier alpha value is -3.12. The first-order valence-corrected chi connectivity index (χ1v) is 11.0. The molecule has 0 saturated carbocycles. The number of piperazine rings is 1. The summed E-state index contributed by atoms with van der Waals surface area (Å²) < 4.78 is 64.6. The molecule has 0 bridgehead atoms. The van der Waals surface area contributed by atoms with E-state index in [1.807, 2.05) is 0 Å². The van der Waals surface area contributed by atoms with E-state index in [0.717, 1.165) is 24.3 Å². The summed E-state index contributed by atoms with van der Waals surface area (Å²) in [6.07, 6.45) is -4.47. The summed E-state index contributed by atoms with van der Waals surface area (Å²) >= 11 is 0. The highest BCUT2D eigenvalue weighted by Crippen LogP contribution is 2.29. The third kappa shape index (κ3) is 5.56. The van der Waals surface area contributed by atoms with Gasteiger partial charge >= 0.3 is 12.2 Å². The Bertz CT molecular complexity index is 1080. The number of amides is 3. The number of alkyl halides is 3. The molecule has 8 nitrogen and oxygen atoms in total. The van der Waals surface area contributed by atoms with E-state index in [2.05, 4.69) is 10.6 Å². The van der Waals surface area contributed by atoms with Crippen LogP contribution in [0.25, 0.3) is 0 Å². The maximum Gasteiger partial charge on any atom is 0.416 e. The van der Waals surface area contributed by atoms with Crippen LogP contribution in [0.5, 0.6) is 0 Å². The van der Waals surface area contributed by atoms with E-state index in [0.29, 0.717) is 18.8 Å². The first-order valence-electron chi connectivity index (χ1n) is 9.58. The van der Waals surface area contributed by atoms with Gasteiger partial charge in [0.2, 0.25) is 15.9 Å². The number of hydrogen-bond acceptors (Lipinski definition) is 4. The lowest BCUT2D eigenvalue weighted by Gasteiger charge is -2.33. The van der Waals surface area contributed by atoms with Crippen molar-refractivity contribution in [3.05, 3.63) is 54.1 Å². The van der Waals surface area contributed by atoms with E-state index in [9.17, 15) is 31.2 Å². The summed E-state index contributed by atoms with van der Waals surface area (Å²) in [6, 6.07) is 8.78. The molecule has 3 amide bonds. The van der Waals surface area contributed by atoms with Gasteiger partial charge in [0, 0.05) is 44.5 Å². The number of hydrogen-bond donors (Lipinski definition) is 2. The van der Waals surface area contributed by atoms with Crippen molar-refractivity contribution >= 4 is 33.3 Å². The van der Waals surface area contributed by atoms with Gasteiger partial charge in [-0.3, -0.25) is 4.79 Å². The van der Waals surface area contributed by atoms with Crippen LogP contribution in [0.3, 0.4) is 0 Å². The fourth-order valence-electron chi connectivity index (χ4n) is 3.14. The number of carbonyl (C=O) groups is 2. The quantitative estimate of drug-likeness (QED) is 0.717. The van der Waals surface area contributed by atoms with Crippen molar-refractivity contribution in [3.63, 3.8) is 0 Å². The van der Waals surface area contributed by atoms with Crippen LogP contribution >= 0.6 is 0 Å². The van der Waals surface area contributed by atoms with E-state index in [-0.39, 0.29) is 29.6 Å². The maximum absolute atomic E-state index is 12.8.